The Bertz CT molecular complexity index is 348. The van der Waals surface area contributed by atoms with Gasteiger partial charge in [0.25, 0.3) is 0 Å². The predicted molar refractivity (Wildman–Crippen MR) is 85.3 cm³/mol. The van der Waals surface area contributed by atoms with E-state index < -0.39 is 5.54 Å². The molecule has 21 heavy (non-hydrogen) atoms. The van der Waals surface area contributed by atoms with Crippen LogP contribution in [0.2, 0.25) is 0 Å². The highest BCUT2D eigenvalue weighted by molar-refractivity contribution is 5.81. The van der Waals surface area contributed by atoms with Gasteiger partial charge in [-0.1, -0.05) is 20.3 Å². The van der Waals surface area contributed by atoms with E-state index in [2.05, 4.69) is 24.1 Å². The van der Waals surface area contributed by atoms with Crippen molar-refractivity contribution in [2.75, 3.05) is 26.2 Å². The van der Waals surface area contributed by atoms with Crippen molar-refractivity contribution in [3.05, 3.63) is 0 Å². The number of carbonyl (C=O) groups excluding carboxylic acids is 1. The first-order valence-electron chi connectivity index (χ1n) is 8.81. The Kier molecular flexibility index (Phi) is 6.06. The van der Waals surface area contributed by atoms with Crippen molar-refractivity contribution in [2.45, 2.75) is 70.9 Å². The summed E-state index contributed by atoms with van der Waals surface area (Å²) in [4.78, 5) is 15.1. The van der Waals surface area contributed by atoms with Crippen molar-refractivity contribution in [3.63, 3.8) is 0 Å². The standard InChI is InChI=1S/C17H32N2O2/c1-4-10-18-17(16(20)21-6-3)9-7-15(12-17)19-11-8-14(5-2)13-19/h14-15,18H,4-13H2,1-3H3. The molecule has 1 saturated carbocycles. The molecule has 1 saturated heterocycles. The summed E-state index contributed by atoms with van der Waals surface area (Å²) < 4.78 is 5.36. The molecule has 4 heteroatoms. The number of hydrogen-bond acceptors (Lipinski definition) is 4. The highest BCUT2D eigenvalue weighted by atomic mass is 16.5. The number of nitrogens with zero attached hydrogens (tertiary/aromatic N) is 1. The van der Waals surface area contributed by atoms with Crippen molar-refractivity contribution in [1.82, 2.24) is 10.2 Å². The molecule has 1 aliphatic heterocycles. The molecule has 1 aliphatic carbocycles. The predicted octanol–water partition coefficient (Wildman–Crippen LogP) is 2.57. The normalized spacial score (nSPS) is 33.5. The minimum absolute atomic E-state index is 0.0350. The third-order valence-electron chi connectivity index (χ3n) is 5.28. The Balaban J connectivity index is 1.98. The molecule has 3 unspecified atom stereocenters. The monoisotopic (exact) mass is 296 g/mol. The largest absolute Gasteiger partial charge is 0.465 e. The molecule has 1 N–H and O–H groups in total. The van der Waals surface area contributed by atoms with Crippen molar-refractivity contribution >= 4 is 5.97 Å². The van der Waals surface area contributed by atoms with E-state index in [-0.39, 0.29) is 5.97 Å². The van der Waals surface area contributed by atoms with E-state index in [0.717, 1.165) is 38.1 Å². The van der Waals surface area contributed by atoms with E-state index in [1.54, 1.807) is 0 Å². The van der Waals surface area contributed by atoms with Gasteiger partial charge in [0.1, 0.15) is 5.54 Å². The second-order valence-electron chi connectivity index (χ2n) is 6.68. The van der Waals surface area contributed by atoms with Gasteiger partial charge >= 0.3 is 5.97 Å². The van der Waals surface area contributed by atoms with E-state index in [9.17, 15) is 4.79 Å². The summed E-state index contributed by atoms with van der Waals surface area (Å²) in [7, 11) is 0. The maximum Gasteiger partial charge on any atom is 0.326 e. The van der Waals surface area contributed by atoms with Crippen molar-refractivity contribution in [3.8, 4) is 0 Å². The summed E-state index contributed by atoms with van der Waals surface area (Å²) in [5.41, 5.74) is -0.430. The van der Waals surface area contributed by atoms with Crippen LogP contribution >= 0.6 is 0 Å². The fourth-order valence-electron chi connectivity index (χ4n) is 3.91. The molecule has 4 nitrogen and oxygen atoms in total. The zero-order valence-electron chi connectivity index (χ0n) is 14.0. The average molecular weight is 296 g/mol. The number of rotatable bonds is 7. The Morgan fingerprint density at radius 1 is 1.33 bits per heavy atom. The van der Waals surface area contributed by atoms with Gasteiger partial charge in [-0.05, 0) is 58.0 Å². The SMILES string of the molecule is CCCNC1(C(=O)OCC)CCC(N2CCC(CC)C2)C1. The van der Waals surface area contributed by atoms with E-state index in [1.165, 1.54) is 25.9 Å². The Hall–Kier alpha value is -0.610. The maximum absolute atomic E-state index is 12.5. The molecule has 2 aliphatic rings. The van der Waals surface area contributed by atoms with Gasteiger partial charge in [0.15, 0.2) is 0 Å². The second-order valence-corrected chi connectivity index (χ2v) is 6.68. The van der Waals surface area contributed by atoms with Gasteiger partial charge in [-0.3, -0.25) is 4.79 Å². The van der Waals surface area contributed by atoms with Gasteiger partial charge in [-0.15, -0.1) is 0 Å². The van der Waals surface area contributed by atoms with Crippen molar-refractivity contribution in [1.29, 1.82) is 0 Å². The van der Waals surface area contributed by atoms with Crippen LogP contribution in [-0.2, 0) is 9.53 Å². The van der Waals surface area contributed by atoms with Gasteiger partial charge in [0, 0.05) is 12.6 Å². The van der Waals surface area contributed by atoms with Crippen LogP contribution in [0.25, 0.3) is 0 Å². The lowest BCUT2D eigenvalue weighted by atomic mass is 9.97. The number of likely N-dealkylation sites (tertiary alicyclic amines) is 1. The van der Waals surface area contributed by atoms with Gasteiger partial charge < -0.3 is 15.0 Å². The van der Waals surface area contributed by atoms with Gasteiger partial charge in [0.2, 0.25) is 0 Å². The van der Waals surface area contributed by atoms with Crippen LogP contribution in [-0.4, -0.2) is 48.7 Å². The lowest BCUT2D eigenvalue weighted by molar-refractivity contribution is -0.151. The molecule has 0 aromatic carbocycles. The summed E-state index contributed by atoms with van der Waals surface area (Å²) in [6, 6.07) is 0.551. The topological polar surface area (TPSA) is 41.6 Å². The Morgan fingerprint density at radius 2 is 2.14 bits per heavy atom. The summed E-state index contributed by atoms with van der Waals surface area (Å²) in [5, 5.41) is 3.51. The Labute approximate surface area is 129 Å². The zero-order chi connectivity index (χ0) is 15.3. The quantitative estimate of drug-likeness (QED) is 0.733. The first kappa shape index (κ1) is 16.8. The van der Waals surface area contributed by atoms with Crippen molar-refractivity contribution < 1.29 is 9.53 Å². The highest BCUT2D eigenvalue weighted by Crippen LogP contribution is 2.36. The fourth-order valence-corrected chi connectivity index (χ4v) is 3.91. The van der Waals surface area contributed by atoms with Crippen LogP contribution < -0.4 is 5.32 Å². The van der Waals surface area contributed by atoms with Crippen LogP contribution in [0.15, 0.2) is 0 Å². The van der Waals surface area contributed by atoms with Crippen LogP contribution in [0.3, 0.4) is 0 Å². The molecule has 0 radical (unpaired) electrons. The van der Waals surface area contributed by atoms with Crippen LogP contribution in [0.4, 0.5) is 0 Å². The maximum atomic E-state index is 12.5. The van der Waals surface area contributed by atoms with E-state index in [1.807, 2.05) is 6.92 Å². The third kappa shape index (κ3) is 3.78. The number of carbonyl (C=O) groups is 1. The lowest BCUT2D eigenvalue weighted by Gasteiger charge is -2.30. The summed E-state index contributed by atoms with van der Waals surface area (Å²) in [5.74, 6) is 0.818. The van der Waals surface area contributed by atoms with Gasteiger partial charge in [-0.2, -0.15) is 0 Å². The second kappa shape index (κ2) is 7.59. The molecule has 0 aromatic heterocycles. The first-order valence-corrected chi connectivity index (χ1v) is 8.81. The average Bonchev–Trinajstić information content (AvgIpc) is 3.12. The number of esters is 1. The fraction of sp³-hybridized carbons (Fsp3) is 0.941. The molecular weight excluding hydrogens is 264 g/mol. The lowest BCUT2D eigenvalue weighted by Crippen LogP contribution is -2.52. The van der Waals surface area contributed by atoms with E-state index in [4.69, 9.17) is 4.74 Å². The summed E-state index contributed by atoms with van der Waals surface area (Å²) in [6.45, 7) is 10.1. The molecule has 2 fully saturated rings. The molecule has 2 rings (SSSR count). The number of hydrogen-bond donors (Lipinski definition) is 1. The summed E-state index contributed by atoms with van der Waals surface area (Å²) >= 11 is 0. The molecule has 0 bridgehead atoms. The zero-order valence-corrected chi connectivity index (χ0v) is 14.0. The van der Waals surface area contributed by atoms with Crippen molar-refractivity contribution in [2.24, 2.45) is 5.92 Å². The van der Waals surface area contributed by atoms with Crippen LogP contribution in [0.1, 0.15) is 59.3 Å². The molecule has 1 heterocycles. The molecule has 3 atom stereocenters. The number of nitrogens with one attached hydrogen (secondary N) is 1. The minimum atomic E-state index is -0.430. The molecule has 0 spiro atoms. The minimum Gasteiger partial charge on any atom is -0.465 e. The van der Waals surface area contributed by atoms with E-state index in [0.29, 0.717) is 12.6 Å². The molecule has 0 aromatic rings. The molecule has 122 valence electrons. The van der Waals surface area contributed by atoms with Crippen LogP contribution in [0.5, 0.6) is 0 Å². The summed E-state index contributed by atoms with van der Waals surface area (Å²) in [6.07, 6.45) is 6.60. The first-order chi connectivity index (χ1) is 10.1. The Morgan fingerprint density at radius 3 is 2.76 bits per heavy atom. The van der Waals surface area contributed by atoms with Gasteiger partial charge in [-0.25, -0.2) is 0 Å². The molecule has 0 amide bonds. The number of ether oxygens (including phenoxy) is 1. The smallest absolute Gasteiger partial charge is 0.326 e. The molecular formula is C17H32N2O2. The third-order valence-corrected chi connectivity index (χ3v) is 5.28. The van der Waals surface area contributed by atoms with E-state index >= 15 is 0 Å². The highest BCUT2D eigenvalue weighted by Gasteiger charge is 2.48. The van der Waals surface area contributed by atoms with Gasteiger partial charge in [0.05, 0.1) is 6.61 Å². The van der Waals surface area contributed by atoms with Crippen LogP contribution in [0, 0.1) is 5.92 Å².